The van der Waals surface area contributed by atoms with E-state index in [-0.39, 0.29) is 11.1 Å². The van der Waals surface area contributed by atoms with Crippen molar-refractivity contribution < 1.29 is 8.42 Å². The zero-order valence-electron chi connectivity index (χ0n) is 11.3. The van der Waals surface area contributed by atoms with Gasteiger partial charge in [0.1, 0.15) is 0 Å². The topological polar surface area (TPSA) is 81.8 Å². The molecule has 104 valence electrons. The Morgan fingerprint density at radius 1 is 1.26 bits per heavy atom. The summed E-state index contributed by atoms with van der Waals surface area (Å²) in [7, 11) is -0.177. The van der Waals surface area contributed by atoms with Crippen LogP contribution in [0.1, 0.15) is 24.2 Å². The molecule has 0 aliphatic heterocycles. The number of aromatic nitrogens is 4. The van der Waals surface area contributed by atoms with Crippen molar-refractivity contribution in [2.75, 3.05) is 0 Å². The van der Waals surface area contributed by atoms with Crippen LogP contribution < -0.4 is 4.72 Å². The second-order valence-electron chi connectivity index (χ2n) is 4.44. The van der Waals surface area contributed by atoms with Crippen molar-refractivity contribution in [3.63, 3.8) is 0 Å². The SMILES string of the molecule is Cc1c(C(C)NS(=O)(=O)c2ccnn2C)cnn1C. The lowest BCUT2D eigenvalue weighted by atomic mass is 10.1. The average molecular weight is 283 g/mol. The number of aryl methyl sites for hydroxylation is 2. The molecule has 0 aromatic carbocycles. The first-order valence-corrected chi connectivity index (χ1v) is 7.30. The first-order chi connectivity index (χ1) is 8.83. The molecule has 0 bridgehead atoms. The molecule has 19 heavy (non-hydrogen) atoms. The first kappa shape index (κ1) is 13.8. The summed E-state index contributed by atoms with van der Waals surface area (Å²) in [6.07, 6.45) is 3.13. The van der Waals surface area contributed by atoms with Crippen LogP contribution in [0.3, 0.4) is 0 Å². The molecular formula is C11H17N5O2S. The third kappa shape index (κ3) is 2.54. The zero-order chi connectivity index (χ0) is 14.2. The molecule has 0 radical (unpaired) electrons. The van der Waals surface area contributed by atoms with Gasteiger partial charge in [-0.15, -0.1) is 0 Å². The molecular weight excluding hydrogens is 266 g/mol. The van der Waals surface area contributed by atoms with Gasteiger partial charge in [0.15, 0.2) is 5.03 Å². The molecule has 0 saturated carbocycles. The molecule has 0 fully saturated rings. The molecule has 2 aromatic rings. The highest BCUT2D eigenvalue weighted by Gasteiger charge is 2.23. The molecule has 2 aromatic heterocycles. The highest BCUT2D eigenvalue weighted by Crippen LogP contribution is 2.19. The quantitative estimate of drug-likeness (QED) is 0.886. The molecule has 0 aliphatic rings. The van der Waals surface area contributed by atoms with Crippen LogP contribution in [0.2, 0.25) is 0 Å². The average Bonchev–Trinajstić information content (AvgIpc) is 2.87. The van der Waals surface area contributed by atoms with Crippen LogP contribution in [-0.4, -0.2) is 28.0 Å². The minimum absolute atomic E-state index is 0.140. The molecule has 0 amide bonds. The third-order valence-electron chi connectivity index (χ3n) is 3.12. The lowest BCUT2D eigenvalue weighted by Crippen LogP contribution is -2.28. The van der Waals surface area contributed by atoms with Crippen LogP contribution in [0, 0.1) is 6.92 Å². The molecule has 0 aliphatic carbocycles. The highest BCUT2D eigenvalue weighted by atomic mass is 32.2. The summed E-state index contributed by atoms with van der Waals surface area (Å²) in [6, 6.07) is 1.11. The van der Waals surface area contributed by atoms with E-state index in [4.69, 9.17) is 0 Å². The van der Waals surface area contributed by atoms with Gasteiger partial charge in [0.05, 0.1) is 12.4 Å². The van der Waals surface area contributed by atoms with Crippen molar-refractivity contribution in [2.24, 2.45) is 14.1 Å². The largest absolute Gasteiger partial charge is 0.273 e. The molecule has 7 nitrogen and oxygen atoms in total. The fraction of sp³-hybridized carbons (Fsp3) is 0.455. The van der Waals surface area contributed by atoms with Crippen LogP contribution in [0.15, 0.2) is 23.5 Å². The number of hydrogen-bond acceptors (Lipinski definition) is 4. The molecule has 2 rings (SSSR count). The molecule has 1 unspecified atom stereocenters. The first-order valence-electron chi connectivity index (χ1n) is 5.82. The number of nitrogens with zero attached hydrogens (tertiary/aromatic N) is 4. The molecule has 2 heterocycles. The number of rotatable bonds is 4. The van der Waals surface area contributed by atoms with Crippen molar-refractivity contribution in [1.82, 2.24) is 24.3 Å². The monoisotopic (exact) mass is 283 g/mol. The van der Waals surface area contributed by atoms with Crippen molar-refractivity contribution in [3.05, 3.63) is 29.7 Å². The number of sulfonamides is 1. The maximum absolute atomic E-state index is 12.2. The van der Waals surface area contributed by atoms with E-state index in [2.05, 4.69) is 14.9 Å². The zero-order valence-corrected chi connectivity index (χ0v) is 12.1. The van der Waals surface area contributed by atoms with E-state index in [1.165, 1.54) is 16.9 Å². The van der Waals surface area contributed by atoms with Gasteiger partial charge >= 0.3 is 0 Å². The van der Waals surface area contributed by atoms with Crippen LogP contribution in [0.25, 0.3) is 0 Å². The molecule has 0 saturated heterocycles. The highest BCUT2D eigenvalue weighted by molar-refractivity contribution is 7.89. The number of nitrogens with one attached hydrogen (secondary N) is 1. The summed E-state index contributed by atoms with van der Waals surface area (Å²) < 4.78 is 30.1. The van der Waals surface area contributed by atoms with Gasteiger partial charge in [0.25, 0.3) is 10.0 Å². The summed E-state index contributed by atoms with van der Waals surface area (Å²) in [4.78, 5) is 0. The summed E-state index contributed by atoms with van der Waals surface area (Å²) in [6.45, 7) is 3.69. The van der Waals surface area contributed by atoms with Crippen molar-refractivity contribution in [3.8, 4) is 0 Å². The normalized spacial score (nSPS) is 13.7. The van der Waals surface area contributed by atoms with Crippen LogP contribution in [-0.2, 0) is 24.1 Å². The molecule has 1 N–H and O–H groups in total. The fourth-order valence-electron chi connectivity index (χ4n) is 1.92. The summed E-state index contributed by atoms with van der Waals surface area (Å²) in [5, 5.41) is 8.12. The van der Waals surface area contributed by atoms with E-state index in [1.807, 2.05) is 14.0 Å². The van der Waals surface area contributed by atoms with Gasteiger partial charge in [0, 0.05) is 31.4 Å². The smallest absolute Gasteiger partial charge is 0.258 e. The van der Waals surface area contributed by atoms with Crippen LogP contribution in [0.5, 0.6) is 0 Å². The fourth-order valence-corrected chi connectivity index (χ4v) is 3.27. The van der Waals surface area contributed by atoms with E-state index in [0.717, 1.165) is 11.3 Å². The second kappa shape index (κ2) is 4.78. The van der Waals surface area contributed by atoms with E-state index < -0.39 is 10.0 Å². The Balaban J connectivity index is 2.26. The second-order valence-corrected chi connectivity index (χ2v) is 6.11. The maximum atomic E-state index is 12.2. The Labute approximate surface area is 112 Å². The Morgan fingerprint density at radius 2 is 1.95 bits per heavy atom. The predicted octanol–water partition coefficient (Wildman–Crippen LogP) is 0.502. The van der Waals surface area contributed by atoms with Gasteiger partial charge < -0.3 is 0 Å². The van der Waals surface area contributed by atoms with Gasteiger partial charge in [-0.1, -0.05) is 0 Å². The predicted molar refractivity (Wildman–Crippen MR) is 69.9 cm³/mol. The third-order valence-corrected chi connectivity index (χ3v) is 4.74. The van der Waals surface area contributed by atoms with Crippen molar-refractivity contribution in [2.45, 2.75) is 24.9 Å². The van der Waals surface area contributed by atoms with Gasteiger partial charge in [-0.3, -0.25) is 9.36 Å². The lowest BCUT2D eigenvalue weighted by Gasteiger charge is -2.14. The standard InChI is InChI=1S/C11H17N5O2S/c1-8(10-7-13-15(3)9(10)2)14-19(17,18)11-5-6-12-16(11)4/h5-8,14H,1-4H3. The van der Waals surface area contributed by atoms with Crippen molar-refractivity contribution in [1.29, 1.82) is 0 Å². The Kier molecular flexibility index (Phi) is 3.46. The minimum Gasteiger partial charge on any atom is -0.273 e. The lowest BCUT2D eigenvalue weighted by molar-refractivity contribution is 0.549. The molecule has 0 spiro atoms. The Bertz CT molecular complexity index is 686. The maximum Gasteiger partial charge on any atom is 0.258 e. The summed E-state index contributed by atoms with van der Waals surface area (Å²) in [5.41, 5.74) is 1.79. The van der Waals surface area contributed by atoms with Gasteiger partial charge in [-0.05, 0) is 19.9 Å². The van der Waals surface area contributed by atoms with Gasteiger partial charge in [-0.2, -0.15) is 10.2 Å². The summed E-state index contributed by atoms with van der Waals surface area (Å²) >= 11 is 0. The van der Waals surface area contributed by atoms with Crippen LogP contribution in [0.4, 0.5) is 0 Å². The molecule has 1 atom stereocenters. The Hall–Kier alpha value is -1.67. The van der Waals surface area contributed by atoms with E-state index >= 15 is 0 Å². The van der Waals surface area contributed by atoms with E-state index in [9.17, 15) is 8.42 Å². The van der Waals surface area contributed by atoms with E-state index in [1.54, 1.807) is 24.9 Å². The van der Waals surface area contributed by atoms with Gasteiger partial charge in [0.2, 0.25) is 0 Å². The minimum atomic E-state index is -3.59. The molecule has 8 heteroatoms. The van der Waals surface area contributed by atoms with Crippen molar-refractivity contribution >= 4 is 10.0 Å². The number of hydrogen-bond donors (Lipinski definition) is 1. The Morgan fingerprint density at radius 3 is 2.42 bits per heavy atom. The van der Waals surface area contributed by atoms with Gasteiger partial charge in [-0.25, -0.2) is 13.1 Å². The van der Waals surface area contributed by atoms with Crippen LogP contribution >= 0.6 is 0 Å². The van der Waals surface area contributed by atoms with E-state index in [0.29, 0.717) is 0 Å². The summed E-state index contributed by atoms with van der Waals surface area (Å²) in [5.74, 6) is 0.